The van der Waals surface area contributed by atoms with Crippen molar-refractivity contribution in [3.63, 3.8) is 0 Å². The van der Waals surface area contributed by atoms with Crippen molar-refractivity contribution in [1.29, 1.82) is 0 Å². The highest BCUT2D eigenvalue weighted by Crippen LogP contribution is 2.20. The van der Waals surface area contributed by atoms with Gasteiger partial charge >= 0.3 is 5.97 Å². The molecule has 0 aliphatic heterocycles. The Balaban J connectivity index is 2.56. The number of benzene rings is 1. The summed E-state index contributed by atoms with van der Waals surface area (Å²) in [6.07, 6.45) is 0. The first-order valence-electron chi connectivity index (χ1n) is 5.81. The summed E-state index contributed by atoms with van der Waals surface area (Å²) in [6, 6.07) is 5.21. The number of aryl methyl sites for hydroxylation is 1. The van der Waals surface area contributed by atoms with E-state index in [0.717, 1.165) is 11.1 Å². The summed E-state index contributed by atoms with van der Waals surface area (Å²) in [5, 5.41) is 12.2. The van der Waals surface area contributed by atoms with Crippen LogP contribution in [0.1, 0.15) is 22.8 Å². The third-order valence-electron chi connectivity index (χ3n) is 2.40. The number of carboxylic acid groups (broad SMARTS) is 1. The maximum atomic E-state index is 11.1. The Labute approximate surface area is 107 Å². The van der Waals surface area contributed by atoms with Gasteiger partial charge < -0.3 is 15.2 Å². The highest BCUT2D eigenvalue weighted by Gasteiger charge is 2.10. The fourth-order valence-electron chi connectivity index (χ4n) is 1.58. The highest BCUT2D eigenvalue weighted by atomic mass is 16.5. The molecule has 0 radical (unpaired) electrons. The monoisotopic (exact) mass is 249 g/mol. The molecule has 98 valence electrons. The molecule has 0 unspecified atom stereocenters. The number of hydrogen-bond donors (Lipinski definition) is 2. The Kier molecular flexibility index (Phi) is 5.39. The lowest BCUT2D eigenvalue weighted by Crippen LogP contribution is -2.14. The average Bonchev–Trinajstić information content (AvgIpc) is 2.29. The number of nitrogens with one attached hydrogen (secondary N) is 1. The zero-order valence-electron chi connectivity index (χ0n) is 10.8. The first-order valence-corrected chi connectivity index (χ1v) is 5.81. The number of rotatable bonds is 7. The maximum Gasteiger partial charge on any atom is 0.337 e. The van der Waals surface area contributed by atoms with Crippen LogP contribution < -0.4 is 5.32 Å². The smallest absolute Gasteiger partial charge is 0.337 e. The van der Waals surface area contributed by atoms with Gasteiger partial charge in [0, 0.05) is 6.54 Å². The lowest BCUT2D eigenvalue weighted by atomic mass is 10.1. The molecular formula is C14H19NO3. The number of aromatic carboxylic acids is 1. The van der Waals surface area contributed by atoms with Crippen molar-refractivity contribution >= 4 is 11.7 Å². The van der Waals surface area contributed by atoms with E-state index in [4.69, 9.17) is 9.84 Å². The molecule has 4 nitrogen and oxygen atoms in total. The fraction of sp³-hybridized carbons (Fsp3) is 0.357. The van der Waals surface area contributed by atoms with Gasteiger partial charge in [0.25, 0.3) is 0 Å². The van der Waals surface area contributed by atoms with Gasteiger partial charge in [-0.05, 0) is 25.5 Å². The Hall–Kier alpha value is -1.81. The number of ether oxygens (including phenoxy) is 1. The Morgan fingerprint density at radius 2 is 2.22 bits per heavy atom. The molecule has 1 aromatic carbocycles. The molecule has 0 saturated carbocycles. The molecule has 4 heteroatoms. The van der Waals surface area contributed by atoms with Crippen molar-refractivity contribution in [2.45, 2.75) is 13.8 Å². The van der Waals surface area contributed by atoms with Crippen LogP contribution in [0, 0.1) is 6.92 Å². The van der Waals surface area contributed by atoms with Crippen LogP contribution in [-0.4, -0.2) is 30.8 Å². The van der Waals surface area contributed by atoms with Crippen LogP contribution in [0.3, 0.4) is 0 Å². The summed E-state index contributed by atoms with van der Waals surface area (Å²) < 4.78 is 5.35. The number of hydrogen-bond acceptors (Lipinski definition) is 3. The second-order valence-electron chi connectivity index (χ2n) is 4.24. The average molecular weight is 249 g/mol. The van der Waals surface area contributed by atoms with Gasteiger partial charge in [0.2, 0.25) is 0 Å². The molecule has 0 spiro atoms. The number of para-hydroxylation sites is 1. The summed E-state index contributed by atoms with van der Waals surface area (Å²) in [4.78, 5) is 11.1. The number of carbonyl (C=O) groups is 1. The Morgan fingerprint density at radius 1 is 1.50 bits per heavy atom. The van der Waals surface area contributed by atoms with E-state index in [1.54, 1.807) is 12.1 Å². The molecule has 0 heterocycles. The molecule has 2 N–H and O–H groups in total. The summed E-state index contributed by atoms with van der Waals surface area (Å²) in [6.45, 7) is 9.13. The van der Waals surface area contributed by atoms with Gasteiger partial charge in [-0.1, -0.05) is 24.3 Å². The lowest BCUT2D eigenvalue weighted by Gasteiger charge is -2.12. The SMILES string of the molecule is C=C(C)COCCNc1c(C)cccc1C(=O)O. The first-order chi connectivity index (χ1) is 8.52. The van der Waals surface area contributed by atoms with Crippen LogP contribution in [0.25, 0.3) is 0 Å². The van der Waals surface area contributed by atoms with Gasteiger partial charge in [-0.15, -0.1) is 0 Å². The van der Waals surface area contributed by atoms with Crippen molar-refractivity contribution in [3.8, 4) is 0 Å². The minimum absolute atomic E-state index is 0.287. The van der Waals surface area contributed by atoms with Crippen LogP contribution >= 0.6 is 0 Å². The van der Waals surface area contributed by atoms with Gasteiger partial charge in [0.1, 0.15) is 0 Å². The molecule has 0 amide bonds. The molecule has 18 heavy (non-hydrogen) atoms. The van der Waals surface area contributed by atoms with Crippen molar-refractivity contribution in [3.05, 3.63) is 41.5 Å². The number of carboxylic acids is 1. The summed E-state index contributed by atoms with van der Waals surface area (Å²) in [5.41, 5.74) is 2.82. The molecule has 0 atom stereocenters. The molecule has 0 saturated heterocycles. The van der Waals surface area contributed by atoms with E-state index in [0.29, 0.717) is 25.4 Å². The van der Waals surface area contributed by atoms with Gasteiger partial charge in [0.15, 0.2) is 0 Å². The predicted octanol–water partition coefficient (Wildman–Crippen LogP) is 2.70. The van der Waals surface area contributed by atoms with Gasteiger partial charge in [0.05, 0.1) is 24.5 Å². The zero-order valence-corrected chi connectivity index (χ0v) is 10.8. The van der Waals surface area contributed by atoms with Crippen LogP contribution in [0.5, 0.6) is 0 Å². The molecule has 0 aromatic heterocycles. The van der Waals surface area contributed by atoms with E-state index in [1.807, 2.05) is 19.9 Å². The summed E-state index contributed by atoms with van der Waals surface area (Å²) >= 11 is 0. The largest absolute Gasteiger partial charge is 0.478 e. The molecule has 0 fully saturated rings. The second-order valence-corrected chi connectivity index (χ2v) is 4.24. The molecular weight excluding hydrogens is 230 g/mol. The topological polar surface area (TPSA) is 58.6 Å². The molecule has 1 rings (SSSR count). The summed E-state index contributed by atoms with van der Waals surface area (Å²) in [7, 11) is 0. The van der Waals surface area contributed by atoms with Crippen LogP contribution in [0.4, 0.5) is 5.69 Å². The normalized spacial score (nSPS) is 10.1. The van der Waals surface area contributed by atoms with Gasteiger partial charge in [-0.3, -0.25) is 0 Å². The predicted molar refractivity (Wildman–Crippen MR) is 72.3 cm³/mol. The molecule has 0 aliphatic carbocycles. The van der Waals surface area contributed by atoms with E-state index in [1.165, 1.54) is 0 Å². The van der Waals surface area contributed by atoms with Crippen molar-refractivity contribution in [2.24, 2.45) is 0 Å². The van der Waals surface area contributed by atoms with E-state index in [-0.39, 0.29) is 5.56 Å². The van der Waals surface area contributed by atoms with Crippen molar-refractivity contribution in [2.75, 3.05) is 25.1 Å². The molecule has 1 aromatic rings. The van der Waals surface area contributed by atoms with Crippen LogP contribution in [0.15, 0.2) is 30.4 Å². The minimum atomic E-state index is -0.927. The second kappa shape index (κ2) is 6.81. The Bertz CT molecular complexity index is 441. The highest BCUT2D eigenvalue weighted by molar-refractivity contribution is 5.95. The van der Waals surface area contributed by atoms with E-state index >= 15 is 0 Å². The maximum absolute atomic E-state index is 11.1. The van der Waals surface area contributed by atoms with Gasteiger partial charge in [-0.2, -0.15) is 0 Å². The minimum Gasteiger partial charge on any atom is -0.478 e. The lowest BCUT2D eigenvalue weighted by molar-refractivity contribution is 0.0697. The third kappa shape index (κ3) is 4.22. The van der Waals surface area contributed by atoms with E-state index < -0.39 is 5.97 Å². The standard InChI is InChI=1S/C14H19NO3/c1-10(2)9-18-8-7-15-13-11(3)5-4-6-12(13)14(16)17/h4-6,15H,1,7-9H2,2-3H3,(H,16,17). The molecule has 0 aliphatic rings. The molecule has 0 bridgehead atoms. The van der Waals surface area contributed by atoms with Crippen LogP contribution in [-0.2, 0) is 4.74 Å². The van der Waals surface area contributed by atoms with Gasteiger partial charge in [-0.25, -0.2) is 4.79 Å². The first kappa shape index (κ1) is 14.3. The zero-order chi connectivity index (χ0) is 13.5. The van der Waals surface area contributed by atoms with Crippen molar-refractivity contribution < 1.29 is 14.6 Å². The van der Waals surface area contributed by atoms with Crippen LogP contribution in [0.2, 0.25) is 0 Å². The number of anilines is 1. The third-order valence-corrected chi connectivity index (χ3v) is 2.40. The quantitative estimate of drug-likeness (QED) is 0.576. The Morgan fingerprint density at radius 3 is 2.83 bits per heavy atom. The fourth-order valence-corrected chi connectivity index (χ4v) is 1.58. The van der Waals surface area contributed by atoms with E-state index in [2.05, 4.69) is 11.9 Å². The van der Waals surface area contributed by atoms with Crippen molar-refractivity contribution in [1.82, 2.24) is 0 Å². The van der Waals surface area contributed by atoms with E-state index in [9.17, 15) is 4.79 Å². The summed E-state index contributed by atoms with van der Waals surface area (Å²) in [5.74, 6) is -0.927.